The van der Waals surface area contributed by atoms with Gasteiger partial charge < -0.3 is 15.0 Å². The van der Waals surface area contributed by atoms with Crippen LogP contribution in [0.2, 0.25) is 0 Å². The van der Waals surface area contributed by atoms with Gasteiger partial charge in [-0.2, -0.15) is 11.8 Å². The van der Waals surface area contributed by atoms with E-state index in [-0.39, 0.29) is 24.0 Å². The maximum absolute atomic E-state index is 5.49. The zero-order valence-electron chi connectivity index (χ0n) is 17.2. The summed E-state index contributed by atoms with van der Waals surface area (Å²) in [4.78, 5) is 9.91. The molecule has 2 saturated heterocycles. The second kappa shape index (κ2) is 12.9. The van der Waals surface area contributed by atoms with Crippen LogP contribution in [-0.4, -0.2) is 80.0 Å². The van der Waals surface area contributed by atoms with E-state index in [0.29, 0.717) is 6.04 Å². The lowest BCUT2D eigenvalue weighted by molar-refractivity contribution is 0.0195. The van der Waals surface area contributed by atoms with Gasteiger partial charge in [0.1, 0.15) is 0 Å². The van der Waals surface area contributed by atoms with Crippen molar-refractivity contribution in [1.82, 2.24) is 15.1 Å². The summed E-state index contributed by atoms with van der Waals surface area (Å²) in [7, 11) is 0. The van der Waals surface area contributed by atoms with E-state index in [1.165, 1.54) is 17.5 Å². The van der Waals surface area contributed by atoms with Crippen molar-refractivity contribution in [3.63, 3.8) is 0 Å². The maximum Gasteiger partial charge on any atom is 0.193 e. The van der Waals surface area contributed by atoms with Gasteiger partial charge in [0, 0.05) is 50.3 Å². The highest BCUT2D eigenvalue weighted by molar-refractivity contribution is 14.0. The molecule has 1 aromatic rings. The molecule has 0 bridgehead atoms. The Hall–Kier alpha value is -0.510. The summed E-state index contributed by atoms with van der Waals surface area (Å²) in [6.45, 7) is 12.2. The van der Waals surface area contributed by atoms with Crippen molar-refractivity contribution in [2.75, 3.05) is 58.2 Å². The molecule has 0 aromatic heterocycles. The highest BCUT2D eigenvalue weighted by Crippen LogP contribution is 2.17. The van der Waals surface area contributed by atoms with Gasteiger partial charge in [0.2, 0.25) is 0 Å². The topological polar surface area (TPSA) is 40.1 Å². The number of aryl methyl sites for hydroxylation is 1. The number of benzene rings is 1. The Bertz CT molecular complexity index is 593. The van der Waals surface area contributed by atoms with Crippen molar-refractivity contribution < 1.29 is 4.74 Å². The zero-order valence-corrected chi connectivity index (χ0v) is 20.4. The minimum Gasteiger partial charge on any atom is -0.379 e. The Labute approximate surface area is 191 Å². The van der Waals surface area contributed by atoms with Crippen molar-refractivity contribution >= 4 is 41.7 Å². The van der Waals surface area contributed by atoms with E-state index in [1.807, 2.05) is 11.8 Å². The van der Waals surface area contributed by atoms with Crippen LogP contribution in [0.15, 0.2) is 29.3 Å². The monoisotopic (exact) mass is 518 g/mol. The zero-order chi connectivity index (χ0) is 18.9. The highest BCUT2D eigenvalue weighted by atomic mass is 127. The van der Waals surface area contributed by atoms with Gasteiger partial charge in [0.15, 0.2) is 5.96 Å². The minimum absolute atomic E-state index is 0. The van der Waals surface area contributed by atoms with Crippen LogP contribution >= 0.6 is 35.7 Å². The van der Waals surface area contributed by atoms with Crippen molar-refractivity contribution in [3.05, 3.63) is 35.4 Å². The molecule has 28 heavy (non-hydrogen) atoms. The number of aliphatic imine (C=N–C) groups is 1. The predicted molar refractivity (Wildman–Crippen MR) is 131 cm³/mol. The Balaban J connectivity index is 0.00000280. The van der Waals surface area contributed by atoms with E-state index in [4.69, 9.17) is 9.73 Å². The number of guanidine groups is 1. The molecule has 7 heteroatoms. The number of rotatable bonds is 7. The van der Waals surface area contributed by atoms with Gasteiger partial charge in [-0.1, -0.05) is 29.8 Å². The summed E-state index contributed by atoms with van der Waals surface area (Å²) in [6, 6.07) is 9.48. The Morgan fingerprint density at radius 3 is 2.68 bits per heavy atom. The summed E-state index contributed by atoms with van der Waals surface area (Å²) < 4.78 is 5.49. The quantitative estimate of drug-likeness (QED) is 0.260. The minimum atomic E-state index is 0. The number of halogens is 1. The van der Waals surface area contributed by atoms with Gasteiger partial charge in [0.05, 0.1) is 19.8 Å². The predicted octanol–water partition coefficient (Wildman–Crippen LogP) is 3.22. The Morgan fingerprint density at radius 1 is 1.21 bits per heavy atom. The number of thioether (sulfide) groups is 1. The van der Waals surface area contributed by atoms with E-state index < -0.39 is 0 Å². The molecule has 2 aliphatic rings. The van der Waals surface area contributed by atoms with Crippen LogP contribution in [-0.2, 0) is 10.5 Å². The van der Waals surface area contributed by atoms with Gasteiger partial charge in [-0.15, -0.1) is 24.0 Å². The van der Waals surface area contributed by atoms with Gasteiger partial charge in [0.25, 0.3) is 0 Å². The molecule has 2 heterocycles. The molecule has 5 nitrogen and oxygen atoms in total. The van der Waals surface area contributed by atoms with E-state index in [0.717, 1.165) is 69.9 Å². The molecule has 2 aliphatic heterocycles. The number of hydrogen-bond donors (Lipinski definition) is 1. The Morgan fingerprint density at radius 2 is 1.96 bits per heavy atom. The first-order valence-corrected chi connectivity index (χ1v) is 11.4. The normalized spacial score (nSPS) is 20.9. The number of nitrogens with zero attached hydrogens (tertiary/aromatic N) is 3. The maximum atomic E-state index is 5.49. The van der Waals surface area contributed by atoms with Gasteiger partial charge in [-0.3, -0.25) is 9.89 Å². The van der Waals surface area contributed by atoms with Crippen LogP contribution in [0, 0.1) is 6.92 Å². The third-order valence-corrected chi connectivity index (χ3v) is 6.26. The average Bonchev–Trinajstić information content (AvgIpc) is 3.19. The first-order chi connectivity index (χ1) is 13.3. The fourth-order valence-electron chi connectivity index (χ4n) is 3.69. The van der Waals surface area contributed by atoms with E-state index in [1.54, 1.807) is 0 Å². The van der Waals surface area contributed by atoms with Gasteiger partial charge >= 0.3 is 0 Å². The van der Waals surface area contributed by atoms with E-state index in [2.05, 4.69) is 53.2 Å². The van der Waals surface area contributed by atoms with Crippen LogP contribution in [0.25, 0.3) is 0 Å². The van der Waals surface area contributed by atoms with Crippen LogP contribution < -0.4 is 5.32 Å². The van der Waals surface area contributed by atoms with Crippen molar-refractivity contribution in [2.45, 2.75) is 32.1 Å². The highest BCUT2D eigenvalue weighted by Gasteiger charge is 2.30. The number of nitrogens with one attached hydrogen (secondary N) is 1. The molecule has 0 saturated carbocycles. The molecule has 3 rings (SSSR count). The molecule has 0 amide bonds. The van der Waals surface area contributed by atoms with E-state index >= 15 is 0 Å². The molecule has 1 N–H and O–H groups in total. The number of morpholine rings is 1. The Kier molecular flexibility index (Phi) is 11.0. The first-order valence-electron chi connectivity index (χ1n) is 10.2. The first kappa shape index (κ1) is 23.8. The number of ether oxygens (including phenoxy) is 1. The molecule has 1 aromatic carbocycles. The van der Waals surface area contributed by atoms with Crippen molar-refractivity contribution in [3.8, 4) is 0 Å². The number of likely N-dealkylation sites (tertiary alicyclic amines) is 1. The smallest absolute Gasteiger partial charge is 0.193 e. The summed E-state index contributed by atoms with van der Waals surface area (Å²) in [5.41, 5.74) is 2.72. The lowest BCUT2D eigenvalue weighted by Crippen LogP contribution is -2.46. The molecule has 0 spiro atoms. The van der Waals surface area contributed by atoms with Gasteiger partial charge in [-0.25, -0.2) is 0 Å². The van der Waals surface area contributed by atoms with Crippen LogP contribution in [0.3, 0.4) is 0 Å². The van der Waals surface area contributed by atoms with Crippen molar-refractivity contribution in [1.29, 1.82) is 0 Å². The summed E-state index contributed by atoms with van der Waals surface area (Å²) >= 11 is 1.96. The molecular formula is C21H35IN4OS. The second-order valence-electron chi connectivity index (χ2n) is 7.31. The summed E-state index contributed by atoms with van der Waals surface area (Å²) in [5.74, 6) is 3.21. The van der Waals surface area contributed by atoms with Crippen LogP contribution in [0.4, 0.5) is 0 Å². The van der Waals surface area contributed by atoms with Crippen LogP contribution in [0.5, 0.6) is 0 Å². The molecule has 1 unspecified atom stereocenters. The molecule has 2 fully saturated rings. The molecular weight excluding hydrogens is 483 g/mol. The van der Waals surface area contributed by atoms with E-state index in [9.17, 15) is 0 Å². The molecule has 0 radical (unpaired) electrons. The standard InChI is InChI=1S/C21H34N4OS.HI/c1-3-22-21(23-9-15-27-17-19-6-4-18(2)5-7-19)25-10-8-20(16-25)24-11-13-26-14-12-24;/h4-7,20H,3,8-17H2,1-2H3,(H,22,23);1H. The largest absolute Gasteiger partial charge is 0.379 e. The summed E-state index contributed by atoms with van der Waals surface area (Å²) in [5, 5.41) is 3.49. The summed E-state index contributed by atoms with van der Waals surface area (Å²) in [6.07, 6.45) is 1.23. The average molecular weight is 519 g/mol. The molecule has 1 atom stereocenters. The third kappa shape index (κ3) is 7.39. The third-order valence-electron chi connectivity index (χ3n) is 5.25. The fourth-order valence-corrected chi connectivity index (χ4v) is 4.48. The lowest BCUT2D eigenvalue weighted by atomic mass is 10.2. The number of hydrogen-bond acceptors (Lipinski definition) is 4. The fraction of sp³-hybridized carbons (Fsp3) is 0.667. The second-order valence-corrected chi connectivity index (χ2v) is 8.42. The molecule has 158 valence electrons. The van der Waals surface area contributed by atoms with Crippen molar-refractivity contribution in [2.24, 2.45) is 4.99 Å². The molecule has 0 aliphatic carbocycles. The SMILES string of the molecule is CCNC(=NCCSCc1ccc(C)cc1)N1CCC(N2CCOCC2)C1.I. The lowest BCUT2D eigenvalue weighted by Gasteiger charge is -2.32. The van der Waals surface area contributed by atoms with Gasteiger partial charge in [-0.05, 0) is 25.8 Å². The van der Waals surface area contributed by atoms with Crippen LogP contribution in [0.1, 0.15) is 24.5 Å².